The summed E-state index contributed by atoms with van der Waals surface area (Å²) in [6.07, 6.45) is 1.71. The lowest BCUT2D eigenvalue weighted by Crippen LogP contribution is -2.32. The second-order valence-electron chi connectivity index (χ2n) is 6.89. The van der Waals surface area contributed by atoms with Gasteiger partial charge in [0.25, 0.3) is 0 Å². The van der Waals surface area contributed by atoms with Crippen molar-refractivity contribution in [1.29, 1.82) is 0 Å². The van der Waals surface area contributed by atoms with Crippen LogP contribution in [0.25, 0.3) is 0 Å². The van der Waals surface area contributed by atoms with Gasteiger partial charge in [-0.2, -0.15) is 9.97 Å². The van der Waals surface area contributed by atoms with E-state index in [0.717, 1.165) is 44.8 Å². The Morgan fingerprint density at radius 3 is 2.63 bits per heavy atom. The minimum absolute atomic E-state index is 0.125. The maximum atomic E-state index is 5.52. The second kappa shape index (κ2) is 9.38. The molecule has 0 aliphatic carbocycles. The number of ether oxygens (including phenoxy) is 1. The number of nitrogens with zero attached hydrogens (tertiary/aromatic N) is 6. The van der Waals surface area contributed by atoms with E-state index < -0.39 is 0 Å². The summed E-state index contributed by atoms with van der Waals surface area (Å²) in [5, 5.41) is 8.05. The standard InChI is InChI=1S/C18H30N6O3/c1-5-15-19-18(27-21-15)13(3)24-9-7-8-23(10-11-24)12-16-20-17(22-26-16)14(4)25-6-2/h13-14H,5-12H2,1-4H3/t13-,14+/m1/s1. The fourth-order valence-corrected chi connectivity index (χ4v) is 3.29. The van der Waals surface area contributed by atoms with E-state index in [-0.39, 0.29) is 12.1 Å². The van der Waals surface area contributed by atoms with Gasteiger partial charge in [0.05, 0.1) is 12.6 Å². The zero-order chi connectivity index (χ0) is 19.2. The molecule has 2 atom stereocenters. The van der Waals surface area contributed by atoms with Crippen LogP contribution in [0, 0.1) is 0 Å². The number of hydrogen-bond acceptors (Lipinski definition) is 9. The first-order chi connectivity index (χ1) is 13.1. The molecule has 0 bridgehead atoms. The van der Waals surface area contributed by atoms with Crippen molar-refractivity contribution < 1.29 is 13.8 Å². The summed E-state index contributed by atoms with van der Waals surface area (Å²) < 4.78 is 16.3. The molecule has 1 saturated heterocycles. The van der Waals surface area contributed by atoms with Gasteiger partial charge in [-0.1, -0.05) is 17.2 Å². The molecular formula is C18H30N6O3. The van der Waals surface area contributed by atoms with Gasteiger partial charge in [0.1, 0.15) is 6.10 Å². The van der Waals surface area contributed by atoms with Crippen LogP contribution in [0.1, 0.15) is 69.7 Å². The highest BCUT2D eigenvalue weighted by atomic mass is 16.5. The van der Waals surface area contributed by atoms with E-state index in [9.17, 15) is 0 Å². The van der Waals surface area contributed by atoms with Crippen LogP contribution in [0.5, 0.6) is 0 Å². The molecule has 0 spiro atoms. The Hall–Kier alpha value is -1.84. The summed E-state index contributed by atoms with van der Waals surface area (Å²) in [6.45, 7) is 13.2. The minimum atomic E-state index is -0.143. The summed E-state index contributed by atoms with van der Waals surface area (Å²) >= 11 is 0. The Morgan fingerprint density at radius 1 is 1.04 bits per heavy atom. The highest BCUT2D eigenvalue weighted by Gasteiger charge is 2.25. The van der Waals surface area contributed by atoms with E-state index in [2.05, 4.69) is 37.0 Å². The lowest BCUT2D eigenvalue weighted by atomic mass is 10.2. The molecular weight excluding hydrogens is 348 g/mol. The third-order valence-electron chi connectivity index (χ3n) is 4.95. The summed E-state index contributed by atoms with van der Waals surface area (Å²) in [5.41, 5.74) is 0. The lowest BCUT2D eigenvalue weighted by Gasteiger charge is -2.24. The van der Waals surface area contributed by atoms with Gasteiger partial charge >= 0.3 is 0 Å². The molecule has 9 nitrogen and oxygen atoms in total. The molecule has 1 fully saturated rings. The molecule has 0 unspecified atom stereocenters. The third kappa shape index (κ3) is 5.12. The van der Waals surface area contributed by atoms with Crippen LogP contribution < -0.4 is 0 Å². The number of rotatable bonds is 8. The van der Waals surface area contributed by atoms with Crippen LogP contribution in [0.15, 0.2) is 9.05 Å². The largest absolute Gasteiger partial charge is 0.371 e. The predicted octanol–water partition coefficient (Wildman–Crippen LogP) is 2.38. The van der Waals surface area contributed by atoms with E-state index >= 15 is 0 Å². The SMILES string of the molecule is CCO[C@@H](C)c1noc(CN2CCCN([C@H](C)c3nc(CC)no3)CC2)n1. The molecule has 9 heteroatoms. The maximum Gasteiger partial charge on any atom is 0.243 e. The first-order valence-corrected chi connectivity index (χ1v) is 9.83. The van der Waals surface area contributed by atoms with E-state index in [0.29, 0.717) is 30.8 Å². The Bertz CT molecular complexity index is 703. The molecule has 0 aromatic carbocycles. The monoisotopic (exact) mass is 378 g/mol. The van der Waals surface area contributed by atoms with Gasteiger partial charge in [0.2, 0.25) is 11.8 Å². The molecule has 27 heavy (non-hydrogen) atoms. The number of aromatic nitrogens is 4. The first kappa shape index (κ1) is 19.9. The van der Waals surface area contributed by atoms with E-state index in [1.807, 2.05) is 20.8 Å². The first-order valence-electron chi connectivity index (χ1n) is 9.83. The van der Waals surface area contributed by atoms with Crippen LogP contribution >= 0.6 is 0 Å². The Labute approximate surface area is 160 Å². The fourth-order valence-electron chi connectivity index (χ4n) is 3.29. The summed E-state index contributed by atoms with van der Waals surface area (Å²) in [4.78, 5) is 13.7. The Kier molecular flexibility index (Phi) is 6.92. The van der Waals surface area contributed by atoms with Crippen LogP contribution in [-0.2, 0) is 17.7 Å². The molecule has 3 rings (SSSR count). The molecule has 150 valence electrons. The molecule has 3 heterocycles. The normalized spacial score (nSPS) is 19.1. The molecule has 0 N–H and O–H groups in total. The zero-order valence-electron chi connectivity index (χ0n) is 16.7. The van der Waals surface area contributed by atoms with Gasteiger partial charge in [-0.3, -0.25) is 9.80 Å². The molecule has 2 aromatic heterocycles. The summed E-state index contributed by atoms with van der Waals surface area (Å²) in [5.74, 6) is 2.72. The molecule has 0 radical (unpaired) electrons. The molecule has 2 aromatic rings. The maximum absolute atomic E-state index is 5.52. The van der Waals surface area contributed by atoms with Crippen LogP contribution in [0.4, 0.5) is 0 Å². The van der Waals surface area contributed by atoms with Gasteiger partial charge in [0.15, 0.2) is 11.6 Å². The summed E-state index contributed by atoms with van der Waals surface area (Å²) in [6, 6.07) is 0.125. The third-order valence-corrected chi connectivity index (χ3v) is 4.95. The van der Waals surface area contributed by atoms with E-state index in [1.165, 1.54) is 0 Å². The van der Waals surface area contributed by atoms with Crippen molar-refractivity contribution in [2.75, 3.05) is 32.8 Å². The lowest BCUT2D eigenvalue weighted by molar-refractivity contribution is 0.0683. The van der Waals surface area contributed by atoms with Gasteiger partial charge in [-0.25, -0.2) is 0 Å². The highest BCUT2D eigenvalue weighted by molar-refractivity contribution is 4.93. The average Bonchev–Trinajstić information content (AvgIpc) is 3.27. The van der Waals surface area contributed by atoms with Crippen molar-refractivity contribution in [3.8, 4) is 0 Å². The van der Waals surface area contributed by atoms with Gasteiger partial charge in [-0.05, 0) is 33.7 Å². The molecule has 0 amide bonds. The topological polar surface area (TPSA) is 93.6 Å². The minimum Gasteiger partial charge on any atom is -0.371 e. The molecule has 1 aliphatic rings. The Balaban J connectivity index is 1.53. The predicted molar refractivity (Wildman–Crippen MR) is 97.9 cm³/mol. The van der Waals surface area contributed by atoms with Gasteiger partial charge in [0, 0.05) is 32.7 Å². The van der Waals surface area contributed by atoms with E-state index in [4.69, 9.17) is 13.8 Å². The van der Waals surface area contributed by atoms with Crippen molar-refractivity contribution in [2.45, 2.75) is 59.2 Å². The molecule has 0 saturated carbocycles. The van der Waals surface area contributed by atoms with Crippen LogP contribution in [0.2, 0.25) is 0 Å². The van der Waals surface area contributed by atoms with Gasteiger partial charge < -0.3 is 13.8 Å². The van der Waals surface area contributed by atoms with Crippen molar-refractivity contribution in [3.63, 3.8) is 0 Å². The Morgan fingerprint density at radius 2 is 1.89 bits per heavy atom. The van der Waals surface area contributed by atoms with Crippen molar-refractivity contribution >= 4 is 0 Å². The molecule has 1 aliphatic heterocycles. The van der Waals surface area contributed by atoms with Crippen LogP contribution in [-0.4, -0.2) is 62.9 Å². The number of hydrogen-bond donors (Lipinski definition) is 0. The van der Waals surface area contributed by atoms with Crippen molar-refractivity contribution in [2.24, 2.45) is 0 Å². The summed E-state index contributed by atoms with van der Waals surface area (Å²) in [7, 11) is 0. The fraction of sp³-hybridized carbons (Fsp3) is 0.778. The quantitative estimate of drug-likeness (QED) is 0.686. The van der Waals surface area contributed by atoms with E-state index in [1.54, 1.807) is 0 Å². The van der Waals surface area contributed by atoms with Crippen molar-refractivity contribution in [1.82, 2.24) is 30.1 Å². The van der Waals surface area contributed by atoms with Crippen LogP contribution in [0.3, 0.4) is 0 Å². The number of aryl methyl sites for hydroxylation is 1. The zero-order valence-corrected chi connectivity index (χ0v) is 16.7. The van der Waals surface area contributed by atoms with Crippen molar-refractivity contribution in [3.05, 3.63) is 23.4 Å². The average molecular weight is 378 g/mol. The smallest absolute Gasteiger partial charge is 0.243 e. The van der Waals surface area contributed by atoms with Gasteiger partial charge in [-0.15, -0.1) is 0 Å². The second-order valence-corrected chi connectivity index (χ2v) is 6.89. The highest BCUT2D eigenvalue weighted by Crippen LogP contribution is 2.21.